The number of nitrogens with two attached hydrogens (primary N) is 1. The maximum Gasteiger partial charge on any atom is 0.411 e. The third kappa shape index (κ3) is 2.65. The lowest BCUT2D eigenvalue weighted by atomic mass is 9.77. The zero-order chi connectivity index (χ0) is 22.1. The number of hydrogen-bond acceptors (Lipinski definition) is 6. The quantitative estimate of drug-likeness (QED) is 0.357. The third-order valence-corrected chi connectivity index (χ3v) is 8.26. The second-order valence-corrected chi connectivity index (χ2v) is 9.83. The van der Waals surface area contributed by atoms with Crippen molar-refractivity contribution in [1.82, 2.24) is 9.47 Å². The fourth-order valence-electron chi connectivity index (χ4n) is 4.58. The van der Waals surface area contributed by atoms with Gasteiger partial charge in [0.2, 0.25) is 15.8 Å². The zero-order valence-electron chi connectivity index (χ0n) is 16.9. The molecule has 2 aromatic rings. The molecule has 4 N–H and O–H groups in total. The van der Waals surface area contributed by atoms with Crippen LogP contribution < -0.4 is 10.1 Å². The maximum atomic E-state index is 12.6. The first-order valence-electron chi connectivity index (χ1n) is 9.59. The van der Waals surface area contributed by atoms with Crippen LogP contribution in [0.1, 0.15) is 31.3 Å². The van der Waals surface area contributed by atoms with E-state index in [0.29, 0.717) is 10.6 Å². The molecular formula is C19H23N4O5S2+. The monoisotopic (exact) mass is 451 g/mol. The van der Waals surface area contributed by atoms with Crippen molar-refractivity contribution in [2.45, 2.75) is 44.9 Å². The van der Waals surface area contributed by atoms with Crippen molar-refractivity contribution in [1.29, 1.82) is 0 Å². The van der Waals surface area contributed by atoms with Crippen LogP contribution in [0, 0.1) is 18.8 Å². The number of aliphatic hydroxyl groups is 1. The Morgan fingerprint density at radius 2 is 2.10 bits per heavy atom. The average Bonchev–Trinajstić information content (AvgIpc) is 3.24. The SMILES string of the molecule is CCSc1c2sc(C3=C(C(=O)O)N4C(=O)[C@H]([C@@H](C)O)[C@H]4[C@H]3C)c(C)[n+]2cn1C(N)=O. The number of imidazole rings is 1. The smallest absolute Gasteiger partial charge is 0.411 e. The number of carboxylic acid groups (broad SMARTS) is 1. The molecule has 11 heteroatoms. The van der Waals surface area contributed by atoms with Crippen LogP contribution in [0.5, 0.6) is 0 Å². The number of aliphatic carboxylic acids is 1. The predicted molar refractivity (Wildman–Crippen MR) is 111 cm³/mol. The summed E-state index contributed by atoms with van der Waals surface area (Å²) in [5, 5.41) is 20.7. The molecule has 2 aliphatic rings. The molecule has 2 aromatic heterocycles. The lowest BCUT2D eigenvalue weighted by molar-refractivity contribution is -0.515. The Morgan fingerprint density at radius 3 is 2.63 bits per heavy atom. The van der Waals surface area contributed by atoms with E-state index in [-0.39, 0.29) is 23.6 Å². The minimum Gasteiger partial charge on any atom is -0.477 e. The van der Waals surface area contributed by atoms with E-state index in [4.69, 9.17) is 5.73 Å². The van der Waals surface area contributed by atoms with E-state index in [1.165, 1.54) is 32.6 Å². The first kappa shape index (κ1) is 20.9. The largest absolute Gasteiger partial charge is 0.477 e. The fourth-order valence-corrected chi connectivity index (χ4v) is 6.95. The van der Waals surface area contributed by atoms with Gasteiger partial charge in [-0.1, -0.05) is 36.9 Å². The molecule has 0 saturated carbocycles. The highest BCUT2D eigenvalue weighted by Crippen LogP contribution is 2.52. The Morgan fingerprint density at radius 1 is 1.43 bits per heavy atom. The van der Waals surface area contributed by atoms with Crippen molar-refractivity contribution in [2.75, 3.05) is 5.75 Å². The summed E-state index contributed by atoms with van der Waals surface area (Å²) in [5.74, 6) is -1.64. The number of aryl methyl sites for hydroxylation is 1. The van der Waals surface area contributed by atoms with E-state index >= 15 is 0 Å². The number of carbonyl (C=O) groups excluding carboxylic acids is 2. The third-order valence-electron chi connectivity index (χ3n) is 5.88. The molecule has 4 atom stereocenters. The molecule has 2 amide bonds. The van der Waals surface area contributed by atoms with Crippen molar-refractivity contribution in [3.05, 3.63) is 22.6 Å². The van der Waals surface area contributed by atoms with E-state index < -0.39 is 24.0 Å². The molecule has 1 fully saturated rings. The Bertz CT molecular complexity index is 1130. The highest BCUT2D eigenvalue weighted by molar-refractivity contribution is 7.99. The van der Waals surface area contributed by atoms with Gasteiger partial charge in [0, 0.05) is 11.5 Å². The molecular weight excluding hydrogens is 428 g/mol. The molecule has 0 bridgehead atoms. The standard InChI is InChI=1S/C19H22N4O5S2/c1-5-29-16-17-21(6-22(16)19(20)28)8(3)14(30-17)10-7(2)12-11(9(4)24)15(25)23(12)13(10)18(26)27/h6-7,9,11-12,24H,5H2,1-4H3,(H2-,20,26,27,28)/p+1/t7-,9+,11+,12+/m0/s1. The van der Waals surface area contributed by atoms with Gasteiger partial charge < -0.3 is 20.8 Å². The van der Waals surface area contributed by atoms with E-state index in [2.05, 4.69) is 0 Å². The van der Waals surface area contributed by atoms with Crippen molar-refractivity contribution in [2.24, 2.45) is 17.6 Å². The Hall–Kier alpha value is -2.37. The van der Waals surface area contributed by atoms with Gasteiger partial charge in [0.25, 0.3) is 6.33 Å². The van der Waals surface area contributed by atoms with Gasteiger partial charge in [0.1, 0.15) is 11.4 Å². The van der Waals surface area contributed by atoms with Gasteiger partial charge in [-0.05, 0) is 19.6 Å². The van der Waals surface area contributed by atoms with Crippen LogP contribution in [0.2, 0.25) is 0 Å². The Balaban J connectivity index is 1.91. The molecule has 0 aromatic carbocycles. The van der Waals surface area contributed by atoms with Gasteiger partial charge >= 0.3 is 12.0 Å². The summed E-state index contributed by atoms with van der Waals surface area (Å²) in [4.78, 5) is 39.5. The predicted octanol–water partition coefficient (Wildman–Crippen LogP) is 1.29. The van der Waals surface area contributed by atoms with E-state index in [1.807, 2.05) is 25.2 Å². The van der Waals surface area contributed by atoms with Crippen molar-refractivity contribution in [3.63, 3.8) is 0 Å². The molecule has 160 valence electrons. The zero-order valence-corrected chi connectivity index (χ0v) is 18.6. The number of aliphatic hydroxyl groups excluding tert-OH is 1. The highest BCUT2D eigenvalue weighted by Gasteiger charge is 2.60. The lowest BCUT2D eigenvalue weighted by Gasteiger charge is -2.46. The number of fused-ring (bicyclic) bond motifs is 2. The normalized spacial score (nSPS) is 24.4. The number of amides is 2. The molecule has 0 spiro atoms. The second kappa shape index (κ2) is 7.10. The molecule has 0 unspecified atom stereocenters. The van der Waals surface area contributed by atoms with Crippen LogP contribution in [0.25, 0.3) is 10.4 Å². The second-order valence-electron chi connectivity index (χ2n) is 7.57. The number of primary amides is 1. The van der Waals surface area contributed by atoms with Crippen LogP contribution in [0.4, 0.5) is 4.79 Å². The summed E-state index contributed by atoms with van der Waals surface area (Å²) in [7, 11) is 0. The summed E-state index contributed by atoms with van der Waals surface area (Å²) in [6, 6.07) is -0.962. The van der Waals surface area contributed by atoms with Gasteiger partial charge in [-0.3, -0.25) is 4.79 Å². The molecule has 0 aliphatic carbocycles. The molecule has 30 heavy (non-hydrogen) atoms. The number of thioether (sulfide) groups is 1. The number of β-lactam (4-membered cyclic amide) rings is 1. The number of carbonyl (C=O) groups is 3. The van der Waals surface area contributed by atoms with Crippen LogP contribution >= 0.6 is 23.1 Å². The first-order valence-corrected chi connectivity index (χ1v) is 11.4. The minimum atomic E-state index is -1.16. The van der Waals surface area contributed by atoms with Gasteiger partial charge in [0.15, 0.2) is 0 Å². The summed E-state index contributed by atoms with van der Waals surface area (Å²) in [6.07, 6.45) is 0.766. The van der Waals surface area contributed by atoms with Crippen LogP contribution in [0.3, 0.4) is 0 Å². The highest BCUT2D eigenvalue weighted by atomic mass is 32.2. The number of hydrogen-bond donors (Lipinski definition) is 3. The van der Waals surface area contributed by atoms with Gasteiger partial charge in [-0.2, -0.15) is 4.40 Å². The van der Waals surface area contributed by atoms with E-state index in [1.54, 1.807) is 13.3 Å². The first-order chi connectivity index (χ1) is 14.1. The average molecular weight is 452 g/mol. The molecule has 4 rings (SSSR count). The molecule has 9 nitrogen and oxygen atoms in total. The van der Waals surface area contributed by atoms with Crippen molar-refractivity contribution >= 4 is 51.4 Å². The summed E-state index contributed by atoms with van der Waals surface area (Å²) < 4.78 is 3.23. The minimum absolute atomic E-state index is 0.0190. The Labute approximate surface area is 180 Å². The maximum absolute atomic E-state index is 12.6. The van der Waals surface area contributed by atoms with Crippen LogP contribution in [-0.2, 0) is 9.59 Å². The number of thiazole rings is 1. The molecule has 1 saturated heterocycles. The number of rotatable bonds is 5. The molecule has 2 aliphatic heterocycles. The number of nitrogens with zero attached hydrogens (tertiary/aromatic N) is 3. The molecule has 0 radical (unpaired) electrons. The van der Waals surface area contributed by atoms with E-state index in [0.717, 1.165) is 21.2 Å². The number of carboxylic acids is 1. The summed E-state index contributed by atoms with van der Waals surface area (Å²) in [6.45, 7) is 7.28. The fraction of sp³-hybridized carbons (Fsp3) is 0.474. The van der Waals surface area contributed by atoms with Crippen LogP contribution in [-0.4, -0.2) is 55.5 Å². The summed E-state index contributed by atoms with van der Waals surface area (Å²) in [5.41, 5.74) is 6.86. The van der Waals surface area contributed by atoms with Gasteiger partial charge in [-0.25, -0.2) is 9.59 Å². The van der Waals surface area contributed by atoms with Gasteiger partial charge in [-0.15, -0.1) is 4.57 Å². The van der Waals surface area contributed by atoms with Crippen molar-refractivity contribution < 1.29 is 29.0 Å². The van der Waals surface area contributed by atoms with Crippen LogP contribution in [0.15, 0.2) is 17.1 Å². The topological polar surface area (TPSA) is 130 Å². The lowest BCUT2D eigenvalue weighted by Crippen LogP contribution is -2.63. The van der Waals surface area contributed by atoms with Crippen molar-refractivity contribution in [3.8, 4) is 0 Å². The van der Waals surface area contributed by atoms with Gasteiger partial charge in [0.05, 0.1) is 22.9 Å². The summed E-state index contributed by atoms with van der Waals surface area (Å²) >= 11 is 2.86. The number of aromatic nitrogens is 2. The van der Waals surface area contributed by atoms with E-state index in [9.17, 15) is 24.6 Å². The molecule has 4 heterocycles. The Kier molecular flexibility index (Phi) is 4.94.